The molecular weight excluding hydrogens is 572 g/mol. The maximum Gasteiger partial charge on any atom is 0.261 e. The summed E-state index contributed by atoms with van der Waals surface area (Å²) in [5.74, 6) is 0.796. The lowest BCUT2D eigenvalue weighted by molar-refractivity contribution is 0.0983. The quantitative estimate of drug-likeness (QED) is 0.220. The van der Waals surface area contributed by atoms with Crippen molar-refractivity contribution in [2.24, 2.45) is 0 Å². The van der Waals surface area contributed by atoms with E-state index in [0.717, 1.165) is 17.8 Å². The molecule has 1 amide bonds. The van der Waals surface area contributed by atoms with Gasteiger partial charge in [-0.1, -0.05) is 42.9 Å². The molecule has 0 bridgehead atoms. The van der Waals surface area contributed by atoms with Gasteiger partial charge in [0.2, 0.25) is 0 Å². The van der Waals surface area contributed by atoms with Crippen LogP contribution in [0.1, 0.15) is 24.2 Å². The Bertz CT molecular complexity index is 1590. The zero-order valence-electron chi connectivity index (χ0n) is 22.7. The molecule has 212 valence electrons. The fraction of sp³-hybridized carbons (Fsp3) is 0.286. The fourth-order valence-corrected chi connectivity index (χ4v) is 6.46. The highest BCUT2D eigenvalue weighted by molar-refractivity contribution is 7.92. The number of halogens is 1. The van der Waals surface area contributed by atoms with Gasteiger partial charge in [0.25, 0.3) is 15.9 Å². The highest BCUT2D eigenvalue weighted by Crippen LogP contribution is 2.39. The van der Waals surface area contributed by atoms with Gasteiger partial charge in [-0.25, -0.2) is 13.4 Å². The molecule has 1 aromatic heterocycles. The number of hydrogen-bond donors (Lipinski definition) is 1. The number of anilines is 2. The predicted octanol–water partition coefficient (Wildman–Crippen LogP) is 5.76. The number of hydrogen-bond acceptors (Lipinski definition) is 8. The lowest BCUT2D eigenvalue weighted by Crippen LogP contribution is -2.38. The molecule has 0 saturated heterocycles. The molecule has 0 saturated carbocycles. The Balaban J connectivity index is 1.67. The Morgan fingerprint density at radius 1 is 1.00 bits per heavy atom. The van der Waals surface area contributed by atoms with E-state index in [2.05, 4.69) is 23.5 Å². The predicted molar refractivity (Wildman–Crippen MR) is 161 cm³/mol. The average molecular weight is 603 g/mol. The molecule has 0 spiro atoms. The Hall–Kier alpha value is -3.38. The molecule has 0 aliphatic carbocycles. The van der Waals surface area contributed by atoms with Crippen LogP contribution in [0.4, 0.5) is 10.8 Å². The Morgan fingerprint density at radius 2 is 1.73 bits per heavy atom. The smallest absolute Gasteiger partial charge is 0.261 e. The lowest BCUT2D eigenvalue weighted by Gasteiger charge is -2.25. The van der Waals surface area contributed by atoms with E-state index >= 15 is 0 Å². The highest BCUT2D eigenvalue weighted by Gasteiger charge is 2.24. The number of ether oxygens (including phenoxy) is 2. The van der Waals surface area contributed by atoms with Gasteiger partial charge in [0, 0.05) is 24.3 Å². The minimum absolute atomic E-state index is 0.0752. The maximum absolute atomic E-state index is 13.9. The van der Waals surface area contributed by atoms with E-state index < -0.39 is 10.0 Å². The molecule has 1 heterocycles. The maximum atomic E-state index is 13.9. The van der Waals surface area contributed by atoms with E-state index in [1.165, 1.54) is 36.6 Å². The molecule has 40 heavy (non-hydrogen) atoms. The van der Waals surface area contributed by atoms with Gasteiger partial charge in [-0.15, -0.1) is 0 Å². The number of likely N-dealkylation sites (N-methyl/N-ethyl adjacent to an activating group) is 1. The van der Waals surface area contributed by atoms with Crippen molar-refractivity contribution in [1.29, 1.82) is 0 Å². The molecule has 12 heteroatoms. The number of carbonyl (C=O) groups excluding carboxylic acids is 1. The Morgan fingerprint density at radius 3 is 2.38 bits per heavy atom. The van der Waals surface area contributed by atoms with Crippen LogP contribution in [0.3, 0.4) is 0 Å². The van der Waals surface area contributed by atoms with Crippen LogP contribution in [-0.2, 0) is 10.0 Å². The molecule has 4 rings (SSSR count). The van der Waals surface area contributed by atoms with E-state index in [0.29, 0.717) is 45.8 Å². The van der Waals surface area contributed by atoms with E-state index in [9.17, 15) is 13.2 Å². The first-order valence-electron chi connectivity index (χ1n) is 12.6. The summed E-state index contributed by atoms with van der Waals surface area (Å²) in [4.78, 5) is 22.5. The third-order valence-electron chi connectivity index (χ3n) is 6.41. The number of nitrogens with one attached hydrogen (secondary N) is 1. The van der Waals surface area contributed by atoms with E-state index in [1.807, 2.05) is 0 Å². The number of sulfonamides is 1. The first-order valence-corrected chi connectivity index (χ1v) is 15.3. The summed E-state index contributed by atoms with van der Waals surface area (Å²) in [6.45, 7) is 6.81. The highest BCUT2D eigenvalue weighted by atomic mass is 35.5. The van der Waals surface area contributed by atoms with Crippen LogP contribution in [0.25, 0.3) is 10.2 Å². The second-order valence-corrected chi connectivity index (χ2v) is 11.8. The monoisotopic (exact) mass is 602 g/mol. The zero-order chi connectivity index (χ0) is 28.9. The molecule has 9 nitrogen and oxygen atoms in total. The van der Waals surface area contributed by atoms with Crippen LogP contribution in [0, 0.1) is 0 Å². The van der Waals surface area contributed by atoms with Crippen LogP contribution in [-0.4, -0.2) is 64.6 Å². The number of fused-ring (bicyclic) bond motifs is 1. The normalized spacial score (nSPS) is 11.6. The van der Waals surface area contributed by atoms with Crippen LogP contribution < -0.4 is 19.1 Å². The Labute approximate surface area is 243 Å². The third kappa shape index (κ3) is 6.49. The molecule has 0 aliphatic heterocycles. The topological polar surface area (TPSA) is 101 Å². The van der Waals surface area contributed by atoms with Crippen LogP contribution in [0.2, 0.25) is 5.02 Å². The first-order chi connectivity index (χ1) is 19.2. The summed E-state index contributed by atoms with van der Waals surface area (Å²) >= 11 is 7.76. The summed E-state index contributed by atoms with van der Waals surface area (Å²) in [6, 6.07) is 16.0. The zero-order valence-corrected chi connectivity index (χ0v) is 25.1. The molecule has 0 aliphatic rings. The van der Waals surface area contributed by atoms with Gasteiger partial charge in [-0.2, -0.15) is 0 Å². The van der Waals surface area contributed by atoms with Crippen molar-refractivity contribution in [2.45, 2.75) is 18.7 Å². The molecule has 0 fully saturated rings. The van der Waals surface area contributed by atoms with Gasteiger partial charge in [0.05, 0.1) is 28.8 Å². The first kappa shape index (κ1) is 29.6. The lowest BCUT2D eigenvalue weighted by atomic mass is 10.2. The number of aromatic nitrogens is 1. The molecule has 3 aromatic carbocycles. The minimum atomic E-state index is -3.89. The van der Waals surface area contributed by atoms with Gasteiger partial charge in [-0.05, 0) is 67.7 Å². The Kier molecular flexibility index (Phi) is 9.52. The third-order valence-corrected chi connectivity index (χ3v) is 9.34. The number of nitrogens with zero attached hydrogens (tertiary/aromatic N) is 3. The van der Waals surface area contributed by atoms with Gasteiger partial charge in [-0.3, -0.25) is 14.4 Å². The summed E-state index contributed by atoms with van der Waals surface area (Å²) in [5.41, 5.74) is 1.16. The number of benzene rings is 3. The molecule has 1 N–H and O–H groups in total. The fourth-order valence-electron chi connectivity index (χ4n) is 4.13. The number of amides is 1. The van der Waals surface area contributed by atoms with Crippen LogP contribution in [0.15, 0.2) is 65.6 Å². The van der Waals surface area contributed by atoms with Crippen molar-refractivity contribution in [3.63, 3.8) is 0 Å². The second-order valence-electron chi connectivity index (χ2n) is 8.77. The van der Waals surface area contributed by atoms with Gasteiger partial charge >= 0.3 is 0 Å². The van der Waals surface area contributed by atoms with Crippen molar-refractivity contribution in [3.8, 4) is 11.5 Å². The van der Waals surface area contributed by atoms with E-state index in [1.54, 1.807) is 54.5 Å². The molecule has 0 unspecified atom stereocenters. The standard InChI is InChI=1S/C28H31ClN4O5S2/c1-5-32(6-2)16-17-33(28-30-25-24(38-4)15-14-23(29)26(25)39-28)27(34)19-8-7-9-20(18-19)31-40(35,36)22-12-10-21(37-3)11-13-22/h7-15,18,31H,5-6,16-17H2,1-4H3. The molecular formula is C28H31ClN4O5S2. The minimum Gasteiger partial charge on any atom is -0.497 e. The number of methoxy groups -OCH3 is 2. The summed E-state index contributed by atoms with van der Waals surface area (Å²) < 4.78 is 39.8. The van der Waals surface area contributed by atoms with Crippen LogP contribution >= 0.6 is 22.9 Å². The van der Waals surface area contributed by atoms with Gasteiger partial charge in [0.15, 0.2) is 5.13 Å². The molecule has 0 radical (unpaired) electrons. The van der Waals surface area contributed by atoms with Crippen molar-refractivity contribution in [1.82, 2.24) is 9.88 Å². The van der Waals surface area contributed by atoms with Crippen LogP contribution in [0.5, 0.6) is 11.5 Å². The number of carbonyl (C=O) groups is 1. The largest absolute Gasteiger partial charge is 0.497 e. The summed E-state index contributed by atoms with van der Waals surface area (Å²) in [6.07, 6.45) is 0. The molecule has 0 atom stereocenters. The van der Waals surface area contributed by atoms with Crippen molar-refractivity contribution in [2.75, 3.05) is 50.0 Å². The van der Waals surface area contributed by atoms with Crippen molar-refractivity contribution in [3.05, 3.63) is 71.2 Å². The van der Waals surface area contributed by atoms with Crippen molar-refractivity contribution < 1.29 is 22.7 Å². The van der Waals surface area contributed by atoms with E-state index in [-0.39, 0.29) is 16.5 Å². The number of rotatable bonds is 12. The average Bonchev–Trinajstić information content (AvgIpc) is 3.41. The second kappa shape index (κ2) is 12.9. The number of thiazole rings is 1. The molecule has 4 aromatic rings. The summed E-state index contributed by atoms with van der Waals surface area (Å²) in [7, 11) is -0.819. The van der Waals surface area contributed by atoms with Crippen molar-refractivity contribution >= 4 is 59.9 Å². The van der Waals surface area contributed by atoms with Gasteiger partial charge in [0.1, 0.15) is 17.0 Å². The summed E-state index contributed by atoms with van der Waals surface area (Å²) in [5, 5.41) is 0.994. The van der Waals surface area contributed by atoms with Gasteiger partial charge < -0.3 is 14.4 Å². The SMILES string of the molecule is CCN(CC)CCN(C(=O)c1cccc(NS(=O)(=O)c2ccc(OC)cc2)c1)c1nc2c(OC)ccc(Cl)c2s1. The van der Waals surface area contributed by atoms with E-state index in [4.69, 9.17) is 26.1 Å².